The van der Waals surface area contributed by atoms with E-state index in [9.17, 15) is 0 Å². The summed E-state index contributed by atoms with van der Waals surface area (Å²) in [6.45, 7) is 8.30. The first-order chi connectivity index (χ1) is 2.77. The Morgan fingerprint density at radius 3 is 2.00 bits per heavy atom. The van der Waals surface area contributed by atoms with Crippen LogP contribution in [0.2, 0.25) is 0 Å². The monoisotopic (exact) mass is 103 g/mol. The van der Waals surface area contributed by atoms with Crippen LogP contribution in [0.4, 0.5) is 0 Å². The molecule has 0 heterocycles. The molecule has 37 valence electrons. The van der Waals surface area contributed by atoms with Crippen molar-refractivity contribution in [2.24, 2.45) is 0 Å². The van der Waals surface area contributed by atoms with Crippen LogP contribution >= 0.6 is 7.92 Å². The third-order valence-corrected chi connectivity index (χ3v) is 1.82. The third-order valence-electron chi connectivity index (χ3n) is 0.605. The van der Waals surface area contributed by atoms with Gasteiger partial charge in [-0.2, -0.15) is 0 Å². The van der Waals surface area contributed by atoms with Crippen molar-refractivity contribution in [1.29, 1.82) is 0 Å². The van der Waals surface area contributed by atoms with Gasteiger partial charge in [-0.3, -0.25) is 0 Å². The maximum Gasteiger partial charge on any atom is -0.0331 e. The van der Waals surface area contributed by atoms with Gasteiger partial charge in [0.25, 0.3) is 0 Å². The standard InChI is InChI=1S/C5H12P/c1-4-5-6(2)3/h1,4-5H2,2-3H3. The highest BCUT2D eigenvalue weighted by atomic mass is 31.1. The molecule has 0 bridgehead atoms. The fraction of sp³-hybridized carbons (Fsp3) is 0.800. The molecule has 0 fully saturated rings. The smallest absolute Gasteiger partial charge is 0.0331 e. The second kappa shape index (κ2) is 3.61. The molecule has 0 amide bonds. The van der Waals surface area contributed by atoms with Crippen molar-refractivity contribution in [3.05, 3.63) is 6.92 Å². The molecule has 0 atom stereocenters. The fourth-order valence-electron chi connectivity index (χ4n) is 0.316. The zero-order valence-electron chi connectivity index (χ0n) is 4.57. The second-order valence-electron chi connectivity index (χ2n) is 1.66. The molecular formula is C5H12P. The van der Waals surface area contributed by atoms with Crippen LogP contribution < -0.4 is 0 Å². The van der Waals surface area contributed by atoms with E-state index in [0.29, 0.717) is 7.92 Å². The van der Waals surface area contributed by atoms with Crippen molar-refractivity contribution in [2.45, 2.75) is 6.42 Å². The summed E-state index contributed by atoms with van der Waals surface area (Å²) in [4.78, 5) is 0. The van der Waals surface area contributed by atoms with E-state index in [0.717, 1.165) is 6.42 Å². The van der Waals surface area contributed by atoms with E-state index in [1.165, 1.54) is 6.16 Å². The highest BCUT2D eigenvalue weighted by molar-refractivity contribution is 7.55. The van der Waals surface area contributed by atoms with E-state index in [4.69, 9.17) is 0 Å². The lowest BCUT2D eigenvalue weighted by Gasteiger charge is -1.97. The van der Waals surface area contributed by atoms with E-state index in [1.807, 2.05) is 0 Å². The molecular weight excluding hydrogens is 91.0 g/mol. The average molecular weight is 103 g/mol. The van der Waals surface area contributed by atoms with Crippen molar-refractivity contribution in [3.63, 3.8) is 0 Å². The minimum absolute atomic E-state index is 0.337. The molecule has 0 saturated heterocycles. The topological polar surface area (TPSA) is 0 Å². The largest absolute Gasteiger partial charge is 0.113 e. The SMILES string of the molecule is [CH2]CCP(C)C. The lowest BCUT2D eigenvalue weighted by Crippen LogP contribution is -1.73. The normalized spacial score (nSPS) is 10.0. The van der Waals surface area contributed by atoms with Gasteiger partial charge in [0.2, 0.25) is 0 Å². The van der Waals surface area contributed by atoms with E-state index < -0.39 is 0 Å². The molecule has 0 N–H and O–H groups in total. The van der Waals surface area contributed by atoms with Crippen LogP contribution in [0.1, 0.15) is 6.42 Å². The van der Waals surface area contributed by atoms with Crippen LogP contribution in [0.3, 0.4) is 0 Å². The molecule has 0 rings (SSSR count). The van der Waals surface area contributed by atoms with E-state index >= 15 is 0 Å². The number of hydrogen-bond acceptors (Lipinski definition) is 0. The summed E-state index contributed by atoms with van der Waals surface area (Å²) in [6, 6.07) is 0. The van der Waals surface area contributed by atoms with Crippen LogP contribution in [-0.2, 0) is 0 Å². The Labute approximate surface area is 41.7 Å². The predicted molar refractivity (Wildman–Crippen MR) is 33.6 cm³/mol. The van der Waals surface area contributed by atoms with Gasteiger partial charge in [-0.25, -0.2) is 0 Å². The summed E-state index contributed by atoms with van der Waals surface area (Å²) < 4.78 is 0. The maximum atomic E-state index is 3.74. The Bertz CT molecular complexity index is 25.1. The van der Waals surface area contributed by atoms with E-state index in [2.05, 4.69) is 20.3 Å². The molecule has 0 aliphatic heterocycles. The van der Waals surface area contributed by atoms with Crippen LogP contribution in [-0.4, -0.2) is 19.5 Å². The molecule has 1 heteroatoms. The Kier molecular flexibility index (Phi) is 3.87. The molecule has 0 aliphatic rings. The Hall–Kier alpha value is 0.430. The van der Waals surface area contributed by atoms with Gasteiger partial charge in [0.1, 0.15) is 0 Å². The van der Waals surface area contributed by atoms with Crippen molar-refractivity contribution in [1.82, 2.24) is 0 Å². The lowest BCUT2D eigenvalue weighted by atomic mass is 10.6. The fourth-order valence-corrected chi connectivity index (χ4v) is 0.949. The van der Waals surface area contributed by atoms with Gasteiger partial charge < -0.3 is 0 Å². The lowest BCUT2D eigenvalue weighted by molar-refractivity contribution is 1.23. The second-order valence-corrected chi connectivity index (χ2v) is 4.26. The molecule has 0 aromatic carbocycles. The van der Waals surface area contributed by atoms with Gasteiger partial charge in [0.15, 0.2) is 0 Å². The van der Waals surface area contributed by atoms with Gasteiger partial charge in [0.05, 0.1) is 0 Å². The summed E-state index contributed by atoms with van der Waals surface area (Å²) in [6.07, 6.45) is 2.44. The highest BCUT2D eigenvalue weighted by Gasteiger charge is 1.84. The molecule has 0 unspecified atom stereocenters. The van der Waals surface area contributed by atoms with Gasteiger partial charge in [-0.15, -0.1) is 7.92 Å². The van der Waals surface area contributed by atoms with Crippen molar-refractivity contribution < 1.29 is 0 Å². The summed E-state index contributed by atoms with van der Waals surface area (Å²) in [5, 5.41) is 0. The summed E-state index contributed by atoms with van der Waals surface area (Å²) >= 11 is 0. The van der Waals surface area contributed by atoms with Crippen LogP contribution in [0, 0.1) is 6.92 Å². The van der Waals surface area contributed by atoms with Crippen molar-refractivity contribution in [3.8, 4) is 0 Å². The molecule has 0 nitrogen and oxygen atoms in total. The number of hydrogen-bond donors (Lipinski definition) is 0. The third kappa shape index (κ3) is 4.43. The van der Waals surface area contributed by atoms with Gasteiger partial charge in [-0.05, 0) is 25.9 Å². The van der Waals surface area contributed by atoms with Crippen LogP contribution in [0.5, 0.6) is 0 Å². The Morgan fingerprint density at radius 1 is 1.50 bits per heavy atom. The first-order valence-corrected chi connectivity index (χ1v) is 4.63. The molecule has 0 spiro atoms. The Morgan fingerprint density at radius 2 is 2.00 bits per heavy atom. The van der Waals surface area contributed by atoms with E-state index in [-0.39, 0.29) is 0 Å². The molecule has 6 heavy (non-hydrogen) atoms. The van der Waals surface area contributed by atoms with Gasteiger partial charge >= 0.3 is 0 Å². The highest BCUT2D eigenvalue weighted by Crippen LogP contribution is 2.23. The minimum Gasteiger partial charge on any atom is -0.113 e. The zero-order valence-corrected chi connectivity index (χ0v) is 5.46. The first kappa shape index (κ1) is 6.43. The van der Waals surface area contributed by atoms with Gasteiger partial charge in [-0.1, -0.05) is 6.92 Å². The molecule has 1 radical (unpaired) electrons. The molecule has 0 aromatic rings. The number of rotatable bonds is 2. The van der Waals surface area contributed by atoms with Gasteiger partial charge in [0, 0.05) is 0 Å². The average Bonchev–Trinajstić information content (AvgIpc) is 1.35. The first-order valence-electron chi connectivity index (χ1n) is 2.21. The summed E-state index contributed by atoms with van der Waals surface area (Å²) in [5.74, 6) is 0. The van der Waals surface area contributed by atoms with Crippen molar-refractivity contribution in [2.75, 3.05) is 19.5 Å². The predicted octanol–water partition coefficient (Wildman–Crippen LogP) is 1.95. The maximum absolute atomic E-state index is 3.74. The van der Waals surface area contributed by atoms with Crippen molar-refractivity contribution >= 4 is 7.92 Å². The molecule has 0 aliphatic carbocycles. The summed E-state index contributed by atoms with van der Waals surface area (Å²) in [5.41, 5.74) is 0. The molecule has 0 saturated carbocycles. The van der Waals surface area contributed by atoms with E-state index in [1.54, 1.807) is 0 Å². The molecule has 0 aromatic heterocycles. The minimum atomic E-state index is 0.337. The quantitative estimate of drug-likeness (QED) is 0.468. The van der Waals surface area contributed by atoms with Crippen LogP contribution in [0.25, 0.3) is 0 Å². The zero-order chi connectivity index (χ0) is 4.99. The Balaban J connectivity index is 2.63. The van der Waals surface area contributed by atoms with Crippen LogP contribution in [0.15, 0.2) is 0 Å². The summed E-state index contributed by atoms with van der Waals surface area (Å²) in [7, 11) is 0.337.